The van der Waals surface area contributed by atoms with Crippen LogP contribution in [-0.4, -0.2) is 24.6 Å². The van der Waals surface area contributed by atoms with Crippen molar-refractivity contribution < 1.29 is 14.3 Å². The average Bonchev–Trinajstić information content (AvgIpc) is 2.34. The smallest absolute Gasteiger partial charge is 0.415 e. The summed E-state index contributed by atoms with van der Waals surface area (Å²) < 4.78 is 4.78. The number of anilines is 1. The van der Waals surface area contributed by atoms with Crippen molar-refractivity contribution in [3.8, 4) is 0 Å². The number of ether oxygens (including phenoxy) is 1. The van der Waals surface area contributed by atoms with Crippen molar-refractivity contribution in [3.05, 3.63) is 29.3 Å². The number of imide groups is 1. The number of rotatable bonds is 5. The van der Waals surface area contributed by atoms with Crippen molar-refractivity contribution in [1.82, 2.24) is 5.32 Å². The Hall–Kier alpha value is -1.46. The molecule has 19 heavy (non-hydrogen) atoms. The van der Waals surface area contributed by atoms with E-state index in [1.165, 1.54) is 0 Å². The Balaban J connectivity index is 2.29. The first kappa shape index (κ1) is 15.6. The zero-order chi connectivity index (χ0) is 14.1. The van der Waals surface area contributed by atoms with Gasteiger partial charge in [0.15, 0.2) is 0 Å². The van der Waals surface area contributed by atoms with E-state index in [-0.39, 0.29) is 6.61 Å². The minimum absolute atomic E-state index is 0.225. The molecule has 0 bridgehead atoms. The average molecular weight is 305 g/mol. The molecule has 0 aliphatic carbocycles. The molecule has 0 radical (unpaired) electrons. The van der Waals surface area contributed by atoms with Crippen LogP contribution < -0.4 is 10.6 Å². The van der Waals surface area contributed by atoms with Gasteiger partial charge < -0.3 is 10.1 Å². The Bertz CT molecular complexity index is 441. The molecule has 1 aromatic carbocycles. The summed E-state index contributed by atoms with van der Waals surface area (Å²) >= 11 is 11.2. The van der Waals surface area contributed by atoms with Crippen LogP contribution in [0.1, 0.15) is 12.8 Å². The second kappa shape index (κ2) is 8.61. The van der Waals surface area contributed by atoms with Gasteiger partial charge in [0.25, 0.3) is 0 Å². The molecule has 1 aromatic rings. The van der Waals surface area contributed by atoms with Crippen molar-refractivity contribution in [2.24, 2.45) is 0 Å². The summed E-state index contributed by atoms with van der Waals surface area (Å²) in [5.74, 6) is 0.514. The number of unbranched alkanes of at least 4 members (excludes halogenated alkanes) is 1. The third-order valence-corrected chi connectivity index (χ3v) is 2.56. The van der Waals surface area contributed by atoms with Gasteiger partial charge in [-0.25, -0.2) is 14.9 Å². The molecule has 0 aliphatic heterocycles. The highest BCUT2D eigenvalue weighted by Crippen LogP contribution is 2.14. The lowest BCUT2D eigenvalue weighted by atomic mass is 10.3. The normalized spacial score (nSPS) is 9.79. The summed E-state index contributed by atoms with van der Waals surface area (Å²) in [5, 5.41) is 4.98. The van der Waals surface area contributed by atoms with E-state index in [2.05, 4.69) is 5.32 Å². The van der Waals surface area contributed by atoms with Crippen LogP contribution >= 0.6 is 23.2 Å². The molecular formula is C12H14Cl2N2O3. The van der Waals surface area contributed by atoms with Crippen LogP contribution in [0.3, 0.4) is 0 Å². The Morgan fingerprint density at radius 1 is 1.26 bits per heavy atom. The quantitative estimate of drug-likeness (QED) is 0.645. The van der Waals surface area contributed by atoms with Crippen molar-refractivity contribution in [2.45, 2.75) is 12.8 Å². The van der Waals surface area contributed by atoms with Crippen LogP contribution in [0.15, 0.2) is 24.3 Å². The van der Waals surface area contributed by atoms with E-state index in [0.29, 0.717) is 23.0 Å². The van der Waals surface area contributed by atoms with Gasteiger partial charge in [-0.2, -0.15) is 0 Å². The number of alkyl carbamates (subject to hydrolysis) is 1. The minimum Gasteiger partial charge on any atom is -0.449 e. The topological polar surface area (TPSA) is 67.4 Å². The van der Waals surface area contributed by atoms with E-state index in [4.69, 9.17) is 27.9 Å². The van der Waals surface area contributed by atoms with Gasteiger partial charge in [-0.15, -0.1) is 11.6 Å². The zero-order valence-corrected chi connectivity index (χ0v) is 11.6. The first-order valence-corrected chi connectivity index (χ1v) is 6.59. The summed E-state index contributed by atoms with van der Waals surface area (Å²) in [5.41, 5.74) is 0.486. The number of halogens is 2. The van der Waals surface area contributed by atoms with Gasteiger partial charge in [0.1, 0.15) is 0 Å². The molecule has 0 saturated heterocycles. The lowest BCUT2D eigenvalue weighted by molar-refractivity contribution is 0.146. The number of carbonyl (C=O) groups is 2. The summed E-state index contributed by atoms with van der Waals surface area (Å²) in [6, 6.07) is 5.90. The highest BCUT2D eigenvalue weighted by atomic mass is 35.5. The number of alkyl halides is 1. The van der Waals surface area contributed by atoms with Crippen molar-refractivity contribution >= 4 is 41.0 Å². The van der Waals surface area contributed by atoms with Crippen LogP contribution in [0.2, 0.25) is 5.02 Å². The lowest BCUT2D eigenvalue weighted by Crippen LogP contribution is -2.34. The zero-order valence-electron chi connectivity index (χ0n) is 10.1. The maximum Gasteiger partial charge on any atom is 0.415 e. The van der Waals surface area contributed by atoms with Gasteiger partial charge in [-0.05, 0) is 31.0 Å². The SMILES string of the molecule is O=C(NC(=O)OCCCCCl)Nc1cccc(Cl)c1. The van der Waals surface area contributed by atoms with Gasteiger partial charge in [0, 0.05) is 16.6 Å². The molecule has 0 fully saturated rings. The van der Waals surface area contributed by atoms with Gasteiger partial charge in [0.2, 0.25) is 0 Å². The van der Waals surface area contributed by atoms with Crippen molar-refractivity contribution in [1.29, 1.82) is 0 Å². The molecule has 5 nitrogen and oxygen atoms in total. The molecule has 0 spiro atoms. The van der Waals surface area contributed by atoms with E-state index >= 15 is 0 Å². The Labute approximate surface area is 121 Å². The number of benzene rings is 1. The number of hydrogen-bond acceptors (Lipinski definition) is 3. The molecule has 104 valence electrons. The molecule has 0 aliphatic rings. The fraction of sp³-hybridized carbons (Fsp3) is 0.333. The van der Waals surface area contributed by atoms with E-state index in [0.717, 1.165) is 6.42 Å². The molecule has 0 unspecified atom stereocenters. The number of carbonyl (C=O) groups excluding carboxylic acids is 2. The second-order valence-electron chi connectivity index (χ2n) is 3.62. The third-order valence-electron chi connectivity index (χ3n) is 2.06. The molecule has 0 saturated carbocycles. The number of hydrogen-bond donors (Lipinski definition) is 2. The third kappa shape index (κ3) is 6.88. The van der Waals surface area contributed by atoms with Crippen molar-refractivity contribution in [2.75, 3.05) is 17.8 Å². The summed E-state index contributed by atoms with van der Waals surface area (Å²) in [6.45, 7) is 0.225. The Kier molecular flexibility index (Phi) is 7.07. The van der Waals surface area contributed by atoms with Gasteiger partial charge >= 0.3 is 12.1 Å². The van der Waals surface area contributed by atoms with Crippen LogP contribution in [-0.2, 0) is 4.74 Å². The van der Waals surface area contributed by atoms with Crippen molar-refractivity contribution in [3.63, 3.8) is 0 Å². The Morgan fingerprint density at radius 3 is 2.74 bits per heavy atom. The van der Waals surface area contributed by atoms with Gasteiger partial charge in [-0.1, -0.05) is 17.7 Å². The maximum absolute atomic E-state index is 11.4. The molecule has 7 heteroatoms. The first-order chi connectivity index (χ1) is 9.11. The maximum atomic E-state index is 11.4. The van der Waals surface area contributed by atoms with E-state index in [1.54, 1.807) is 24.3 Å². The predicted molar refractivity (Wildman–Crippen MR) is 74.9 cm³/mol. The van der Waals surface area contributed by atoms with E-state index in [9.17, 15) is 9.59 Å². The predicted octanol–water partition coefficient (Wildman–Crippen LogP) is 3.62. The van der Waals surface area contributed by atoms with E-state index < -0.39 is 12.1 Å². The molecule has 0 atom stereocenters. The number of urea groups is 1. The van der Waals surface area contributed by atoms with E-state index in [1.807, 2.05) is 5.32 Å². The molecule has 0 aromatic heterocycles. The van der Waals surface area contributed by atoms with Crippen LogP contribution in [0.5, 0.6) is 0 Å². The first-order valence-electron chi connectivity index (χ1n) is 5.68. The highest BCUT2D eigenvalue weighted by molar-refractivity contribution is 6.30. The van der Waals surface area contributed by atoms with Crippen LogP contribution in [0.25, 0.3) is 0 Å². The fourth-order valence-corrected chi connectivity index (χ4v) is 1.60. The minimum atomic E-state index is -0.797. The Morgan fingerprint density at radius 2 is 2.05 bits per heavy atom. The van der Waals surface area contributed by atoms with Crippen LogP contribution in [0, 0.1) is 0 Å². The summed E-state index contributed by atoms with van der Waals surface area (Å²) in [7, 11) is 0. The molecule has 1 rings (SSSR count). The molecular weight excluding hydrogens is 291 g/mol. The fourth-order valence-electron chi connectivity index (χ4n) is 1.22. The lowest BCUT2D eigenvalue weighted by Gasteiger charge is -2.07. The number of nitrogens with one attached hydrogen (secondary N) is 2. The standard InChI is InChI=1S/C12H14Cl2N2O3/c13-6-1-2-7-19-12(18)16-11(17)15-10-5-3-4-9(14)8-10/h3-5,8H,1-2,6-7H2,(H2,15,16,17,18). The monoisotopic (exact) mass is 304 g/mol. The highest BCUT2D eigenvalue weighted by Gasteiger charge is 2.08. The summed E-state index contributed by atoms with van der Waals surface area (Å²) in [6.07, 6.45) is 0.616. The largest absolute Gasteiger partial charge is 0.449 e. The van der Waals surface area contributed by atoms with Gasteiger partial charge in [0.05, 0.1) is 6.61 Å². The van der Waals surface area contributed by atoms with Gasteiger partial charge in [-0.3, -0.25) is 0 Å². The number of amides is 3. The molecule has 0 heterocycles. The van der Waals surface area contributed by atoms with Crippen LogP contribution in [0.4, 0.5) is 15.3 Å². The summed E-state index contributed by atoms with van der Waals surface area (Å²) in [4.78, 5) is 22.7. The molecule has 3 amide bonds. The second-order valence-corrected chi connectivity index (χ2v) is 4.44. The molecule has 2 N–H and O–H groups in total.